The molecule has 0 aromatic carbocycles. The molecule has 3 N–H and O–H groups in total. The molecule has 5 saturated carbocycles. The highest BCUT2D eigenvalue weighted by Gasteiger charge is 2.63. The second kappa shape index (κ2) is 9.30. The quantitative estimate of drug-likeness (QED) is 0.334. The summed E-state index contributed by atoms with van der Waals surface area (Å²) >= 11 is 0. The van der Waals surface area contributed by atoms with Gasteiger partial charge in [-0.1, -0.05) is 54.7 Å². The van der Waals surface area contributed by atoms with Crippen LogP contribution in [0.25, 0.3) is 0 Å². The number of aliphatic hydroxyl groups excluding tert-OH is 1. The van der Waals surface area contributed by atoms with E-state index in [2.05, 4.69) is 51.0 Å². The zero-order valence-electron chi connectivity index (χ0n) is 25.6. The van der Waals surface area contributed by atoms with Crippen molar-refractivity contribution < 1.29 is 5.11 Å². The maximum absolute atomic E-state index is 11.0. The Kier molecular flexibility index (Phi) is 6.43. The lowest BCUT2D eigenvalue weighted by Crippen LogP contribution is -2.61. The summed E-state index contributed by atoms with van der Waals surface area (Å²) in [6.07, 6.45) is 19.7. The van der Waals surface area contributed by atoms with Crippen molar-refractivity contribution in [2.45, 2.75) is 135 Å². The van der Waals surface area contributed by atoms with Gasteiger partial charge in [0, 0.05) is 17.6 Å². The fourth-order valence-corrected chi connectivity index (χ4v) is 12.6. The van der Waals surface area contributed by atoms with Crippen LogP contribution in [-0.2, 0) is 0 Å². The molecule has 1 heterocycles. The Morgan fingerprint density at radius 2 is 1.85 bits per heavy atom. The van der Waals surface area contributed by atoms with Gasteiger partial charge < -0.3 is 15.7 Å². The number of likely N-dealkylation sites (N-methyl/N-ethyl adjacent to an activating group) is 1. The van der Waals surface area contributed by atoms with E-state index < -0.39 is 0 Å². The van der Waals surface area contributed by atoms with E-state index in [1.54, 1.807) is 16.7 Å². The van der Waals surface area contributed by atoms with Crippen molar-refractivity contribution in [2.24, 2.45) is 46.3 Å². The van der Waals surface area contributed by atoms with E-state index in [1.165, 1.54) is 82.6 Å². The van der Waals surface area contributed by atoms with Gasteiger partial charge in [-0.05, 0) is 145 Å². The SMILES string of the molecule is C=C(C)[C@H]1CC2=C(C)C=C([C@@H]3CC[C@@H]4C[C@@H]5C[C@H]6C[C@@H](NC)[C@H](O)C[C@H]6[C@@H]5[C@]4(C)N3)C[C@]2(C)C2(CCCC2)C1. The molecule has 7 rings (SSSR count). The van der Waals surface area contributed by atoms with Gasteiger partial charge in [0.25, 0.3) is 0 Å². The van der Waals surface area contributed by atoms with Gasteiger partial charge in [0.15, 0.2) is 0 Å². The second-order valence-corrected chi connectivity index (χ2v) is 16.2. The van der Waals surface area contributed by atoms with Crippen molar-refractivity contribution in [3.8, 4) is 0 Å². The Morgan fingerprint density at radius 1 is 1.08 bits per heavy atom. The topological polar surface area (TPSA) is 44.3 Å². The van der Waals surface area contributed by atoms with Crippen molar-refractivity contribution in [1.82, 2.24) is 10.6 Å². The summed E-state index contributed by atoms with van der Waals surface area (Å²) in [6.45, 7) is 14.5. The van der Waals surface area contributed by atoms with Crippen molar-refractivity contribution in [3.63, 3.8) is 0 Å². The van der Waals surface area contributed by atoms with Gasteiger partial charge in [-0.3, -0.25) is 0 Å². The molecule has 0 aromatic heterocycles. The maximum atomic E-state index is 11.0. The van der Waals surface area contributed by atoms with Gasteiger partial charge in [0.05, 0.1) is 6.10 Å². The third-order valence-electron chi connectivity index (χ3n) is 14.6. The highest BCUT2D eigenvalue weighted by molar-refractivity contribution is 5.44. The molecule has 0 bridgehead atoms. The Bertz CT molecular complexity index is 1080. The summed E-state index contributed by atoms with van der Waals surface area (Å²) in [5, 5.41) is 18.9. The van der Waals surface area contributed by atoms with Crippen LogP contribution in [0.5, 0.6) is 0 Å². The molecule has 0 amide bonds. The molecule has 1 spiro atoms. The van der Waals surface area contributed by atoms with Crippen LogP contribution in [-0.4, -0.2) is 35.9 Å². The average molecular weight is 533 g/mol. The summed E-state index contributed by atoms with van der Waals surface area (Å²) in [5.74, 6) is 4.56. The zero-order chi connectivity index (χ0) is 27.3. The van der Waals surface area contributed by atoms with Gasteiger partial charge >= 0.3 is 0 Å². The normalized spacial score (nSPS) is 50.3. The first-order valence-electron chi connectivity index (χ1n) is 16.8. The van der Waals surface area contributed by atoms with E-state index >= 15 is 0 Å². The minimum absolute atomic E-state index is 0.179. The first-order chi connectivity index (χ1) is 18.6. The van der Waals surface area contributed by atoms with Crippen molar-refractivity contribution in [2.75, 3.05) is 7.05 Å². The van der Waals surface area contributed by atoms with Crippen LogP contribution in [0.15, 0.2) is 34.9 Å². The number of fused-ring (bicyclic) bond motifs is 7. The highest BCUT2D eigenvalue weighted by Crippen LogP contribution is 2.68. The smallest absolute Gasteiger partial charge is 0.0696 e. The van der Waals surface area contributed by atoms with Crippen LogP contribution in [0.4, 0.5) is 0 Å². The number of allylic oxidation sites excluding steroid dienone is 4. The third-order valence-corrected chi connectivity index (χ3v) is 14.6. The monoisotopic (exact) mass is 532 g/mol. The fourth-order valence-electron chi connectivity index (χ4n) is 12.6. The molecule has 3 heteroatoms. The number of hydrogen-bond acceptors (Lipinski definition) is 3. The minimum atomic E-state index is -0.179. The lowest BCUT2D eigenvalue weighted by Gasteiger charge is -2.58. The largest absolute Gasteiger partial charge is 0.391 e. The molecule has 0 unspecified atom stereocenters. The summed E-state index contributed by atoms with van der Waals surface area (Å²) < 4.78 is 0. The van der Waals surface area contributed by atoms with Gasteiger partial charge in [-0.25, -0.2) is 0 Å². The van der Waals surface area contributed by atoms with Gasteiger partial charge in [-0.2, -0.15) is 0 Å². The molecule has 0 aromatic rings. The third kappa shape index (κ3) is 3.84. The molecule has 216 valence electrons. The van der Waals surface area contributed by atoms with E-state index in [1.807, 2.05) is 7.05 Å². The molecular weight excluding hydrogens is 476 g/mol. The number of aliphatic hydroxyl groups is 1. The molecular formula is C36H56N2O. The van der Waals surface area contributed by atoms with Gasteiger partial charge in [-0.15, -0.1) is 0 Å². The molecule has 1 aliphatic heterocycles. The molecule has 6 aliphatic carbocycles. The van der Waals surface area contributed by atoms with Crippen molar-refractivity contribution in [3.05, 3.63) is 34.9 Å². The van der Waals surface area contributed by atoms with E-state index in [0.29, 0.717) is 34.7 Å². The van der Waals surface area contributed by atoms with Crippen LogP contribution in [0.2, 0.25) is 0 Å². The summed E-state index contributed by atoms with van der Waals surface area (Å²) in [7, 11) is 2.04. The Balaban J connectivity index is 1.18. The van der Waals surface area contributed by atoms with Crippen LogP contribution in [0, 0.1) is 46.3 Å². The summed E-state index contributed by atoms with van der Waals surface area (Å²) in [6, 6.07) is 0.814. The number of hydrogen-bond donors (Lipinski definition) is 3. The van der Waals surface area contributed by atoms with Crippen LogP contribution >= 0.6 is 0 Å². The lowest BCUT2D eigenvalue weighted by atomic mass is 9.47. The second-order valence-electron chi connectivity index (χ2n) is 16.2. The average Bonchev–Trinajstić information content (AvgIpc) is 3.57. The molecule has 0 radical (unpaired) electrons. The molecule has 11 atom stereocenters. The summed E-state index contributed by atoms with van der Waals surface area (Å²) in [5.41, 5.74) is 7.49. The zero-order valence-corrected chi connectivity index (χ0v) is 25.6. The van der Waals surface area contributed by atoms with Gasteiger partial charge in [0.1, 0.15) is 0 Å². The maximum Gasteiger partial charge on any atom is 0.0696 e. The standard InChI is InChI=1S/C36H56N2O/c1-21(2)25-16-29-22(3)13-26(19-34(29,4)36(20-25)11-7-8-12-36)30-10-9-27-15-24-14-23-17-31(37-6)32(39)18-28(23)33(24)35(27,5)38-30/h13,23-25,27-28,30-33,37-39H,1,7-12,14-20H2,2-6H3/t23-,24-,25-,27+,28+,30-,31+,32+,33+,34-,35+/m0/s1. The minimum Gasteiger partial charge on any atom is -0.391 e. The first-order valence-corrected chi connectivity index (χ1v) is 16.8. The predicted molar refractivity (Wildman–Crippen MR) is 161 cm³/mol. The van der Waals surface area contributed by atoms with E-state index in [4.69, 9.17) is 0 Å². The molecule has 1 saturated heterocycles. The van der Waals surface area contributed by atoms with Crippen molar-refractivity contribution >= 4 is 0 Å². The predicted octanol–water partition coefficient (Wildman–Crippen LogP) is 7.33. The molecule has 3 nitrogen and oxygen atoms in total. The van der Waals surface area contributed by atoms with Gasteiger partial charge in [0.2, 0.25) is 0 Å². The molecule has 6 fully saturated rings. The Labute approximate surface area is 238 Å². The number of piperidine rings is 1. The molecule has 39 heavy (non-hydrogen) atoms. The Hall–Kier alpha value is -0.900. The van der Waals surface area contributed by atoms with E-state index in [-0.39, 0.29) is 11.6 Å². The highest BCUT2D eigenvalue weighted by atomic mass is 16.3. The van der Waals surface area contributed by atoms with Crippen LogP contribution in [0.1, 0.15) is 111 Å². The van der Waals surface area contributed by atoms with Crippen LogP contribution in [0.3, 0.4) is 0 Å². The fraction of sp³-hybridized carbons (Fsp3) is 0.833. The molecule has 7 aliphatic rings. The van der Waals surface area contributed by atoms with Crippen molar-refractivity contribution in [1.29, 1.82) is 0 Å². The van der Waals surface area contributed by atoms with E-state index in [0.717, 1.165) is 30.1 Å². The first kappa shape index (κ1) is 27.0. The lowest BCUT2D eigenvalue weighted by molar-refractivity contribution is 0.00836. The number of nitrogens with one attached hydrogen (secondary N) is 2. The Morgan fingerprint density at radius 3 is 2.56 bits per heavy atom. The summed E-state index contributed by atoms with van der Waals surface area (Å²) in [4.78, 5) is 0. The van der Waals surface area contributed by atoms with Crippen LogP contribution < -0.4 is 10.6 Å². The number of rotatable bonds is 3. The van der Waals surface area contributed by atoms with E-state index in [9.17, 15) is 5.11 Å².